The van der Waals surface area contributed by atoms with Gasteiger partial charge in [-0.1, -0.05) is 31.9 Å². The maximum atomic E-state index is 6.74. The van der Waals surface area contributed by atoms with Crippen LogP contribution in [0.15, 0.2) is 0 Å². The number of hydrogen-bond acceptors (Lipinski definition) is 1. The summed E-state index contributed by atoms with van der Waals surface area (Å²) in [5, 5.41) is 0.563. The zero-order valence-corrected chi connectivity index (χ0v) is 18.3. The van der Waals surface area contributed by atoms with Crippen molar-refractivity contribution in [1.29, 1.82) is 0 Å². The fraction of sp³-hybridized carbons (Fsp3) is 1.00. The molecule has 8 fully saturated rings. The van der Waals surface area contributed by atoms with Crippen LogP contribution in [0.2, 0.25) is 0 Å². The van der Waals surface area contributed by atoms with Crippen molar-refractivity contribution in [2.45, 2.75) is 74.2 Å². The summed E-state index contributed by atoms with van der Waals surface area (Å²) < 4.78 is 6.74. The number of hydrogen-bond donors (Lipinski definition) is 0. The molecule has 1 nitrogen and oxygen atoms in total. The number of rotatable bonds is 4. The van der Waals surface area contributed by atoms with Crippen LogP contribution in [0.1, 0.15) is 64.2 Å². The quantitative estimate of drug-likeness (QED) is 0.420. The molecule has 0 radical (unpaired) electrons. The van der Waals surface area contributed by atoms with E-state index in [4.69, 9.17) is 4.74 Å². The van der Waals surface area contributed by atoms with Crippen LogP contribution in [0.25, 0.3) is 0 Å². The molecule has 0 saturated heterocycles. The second-order valence-corrected chi connectivity index (χ2v) is 12.7. The molecular formula is C22H32Br2O. The van der Waals surface area contributed by atoms with E-state index in [-0.39, 0.29) is 10.0 Å². The maximum absolute atomic E-state index is 6.74. The van der Waals surface area contributed by atoms with Crippen LogP contribution in [0, 0.1) is 59.2 Å². The summed E-state index contributed by atoms with van der Waals surface area (Å²) in [5.41, 5.74) is 0. The van der Waals surface area contributed by atoms with Crippen molar-refractivity contribution < 1.29 is 4.74 Å². The smallest absolute Gasteiger partial charge is 0.117 e. The van der Waals surface area contributed by atoms with Gasteiger partial charge in [-0.2, -0.15) is 0 Å². The van der Waals surface area contributed by atoms with Crippen molar-refractivity contribution in [2.75, 3.05) is 0 Å². The summed E-state index contributed by atoms with van der Waals surface area (Å²) >= 11 is 8.09. The van der Waals surface area contributed by atoms with Crippen molar-refractivity contribution in [3.05, 3.63) is 0 Å². The Morgan fingerprint density at radius 1 is 0.480 bits per heavy atom. The van der Waals surface area contributed by atoms with E-state index in [1.807, 2.05) is 0 Å². The van der Waals surface area contributed by atoms with Crippen LogP contribution in [0.5, 0.6) is 0 Å². The average Bonchev–Trinajstić information content (AvgIpc) is 2.52. The summed E-state index contributed by atoms with van der Waals surface area (Å²) in [6, 6.07) is 0. The molecule has 0 aromatic rings. The summed E-state index contributed by atoms with van der Waals surface area (Å²) in [5.74, 6) is 9.57. The highest BCUT2D eigenvalue weighted by atomic mass is 79.9. The highest BCUT2D eigenvalue weighted by molar-refractivity contribution is 9.10. The molecule has 0 aromatic carbocycles. The highest BCUT2D eigenvalue weighted by Crippen LogP contribution is 2.60. The zero-order chi connectivity index (χ0) is 16.7. The molecule has 2 atom stereocenters. The Morgan fingerprint density at radius 3 is 1.04 bits per heavy atom. The lowest BCUT2D eigenvalue weighted by Gasteiger charge is -2.57. The van der Waals surface area contributed by atoms with Gasteiger partial charge in [0, 0.05) is 11.8 Å². The molecule has 8 rings (SSSR count). The topological polar surface area (TPSA) is 9.23 Å². The third-order valence-electron chi connectivity index (χ3n) is 9.46. The summed E-state index contributed by atoms with van der Waals surface area (Å²) in [6.45, 7) is 0. The van der Waals surface area contributed by atoms with Gasteiger partial charge in [0.25, 0.3) is 0 Å². The SMILES string of the molecule is BrC(OC(Br)C1C2CC3CC(C2)CC1C3)C1C2CC3CC(C2)CC1C3. The van der Waals surface area contributed by atoms with E-state index in [1.165, 1.54) is 51.4 Å². The Kier molecular flexibility index (Phi) is 4.18. The lowest BCUT2D eigenvalue weighted by molar-refractivity contribution is -0.119. The van der Waals surface area contributed by atoms with Crippen LogP contribution in [-0.2, 0) is 4.74 Å². The fourth-order valence-electron chi connectivity index (χ4n) is 9.10. The van der Waals surface area contributed by atoms with E-state index in [0.29, 0.717) is 0 Å². The molecule has 0 spiro atoms. The number of alkyl halides is 2. The molecule has 0 heterocycles. The van der Waals surface area contributed by atoms with E-state index in [9.17, 15) is 0 Å². The largest absolute Gasteiger partial charge is 0.352 e. The Hall–Kier alpha value is 0.920. The van der Waals surface area contributed by atoms with Crippen LogP contribution >= 0.6 is 31.9 Å². The molecule has 25 heavy (non-hydrogen) atoms. The lowest BCUT2D eigenvalue weighted by Crippen LogP contribution is -2.51. The van der Waals surface area contributed by atoms with Crippen molar-refractivity contribution in [2.24, 2.45) is 59.2 Å². The monoisotopic (exact) mass is 470 g/mol. The van der Waals surface area contributed by atoms with E-state index in [0.717, 1.165) is 59.2 Å². The second kappa shape index (κ2) is 6.21. The first-order valence-corrected chi connectivity index (χ1v) is 12.9. The minimum atomic E-state index is 0.282. The van der Waals surface area contributed by atoms with Gasteiger partial charge in [-0.25, -0.2) is 0 Å². The van der Waals surface area contributed by atoms with E-state index in [2.05, 4.69) is 31.9 Å². The first kappa shape index (κ1) is 16.8. The molecular weight excluding hydrogens is 440 g/mol. The highest BCUT2D eigenvalue weighted by Gasteiger charge is 2.53. The van der Waals surface area contributed by atoms with Gasteiger partial charge in [0.15, 0.2) is 0 Å². The number of halogens is 2. The van der Waals surface area contributed by atoms with Gasteiger partial charge in [-0.05, 0) is 112 Å². The molecule has 0 N–H and O–H groups in total. The third-order valence-corrected chi connectivity index (χ3v) is 11.1. The minimum Gasteiger partial charge on any atom is -0.352 e. The first-order chi connectivity index (χ1) is 12.1. The van der Waals surface area contributed by atoms with Crippen LogP contribution in [-0.4, -0.2) is 10.0 Å². The Balaban J connectivity index is 1.15. The third kappa shape index (κ3) is 2.76. The van der Waals surface area contributed by atoms with Crippen molar-refractivity contribution in [3.63, 3.8) is 0 Å². The van der Waals surface area contributed by atoms with E-state index < -0.39 is 0 Å². The summed E-state index contributed by atoms with van der Waals surface area (Å²) in [6.07, 6.45) is 15.0. The standard InChI is InChI=1S/C22H32Br2O/c23-21(19-15-3-11-1-12(5-15)6-16(19)4-11)25-22(24)20-17-7-13-2-14(9-17)10-18(20)8-13/h11-22H,1-10H2. The molecule has 0 amide bonds. The minimum absolute atomic E-state index is 0.282. The average molecular weight is 472 g/mol. The van der Waals surface area contributed by atoms with Crippen molar-refractivity contribution in [1.82, 2.24) is 0 Å². The lowest BCUT2D eigenvalue weighted by atomic mass is 9.51. The van der Waals surface area contributed by atoms with E-state index >= 15 is 0 Å². The van der Waals surface area contributed by atoms with Gasteiger partial charge in [0.2, 0.25) is 0 Å². The van der Waals surface area contributed by atoms with Gasteiger partial charge in [-0.3, -0.25) is 0 Å². The van der Waals surface area contributed by atoms with Gasteiger partial charge >= 0.3 is 0 Å². The maximum Gasteiger partial charge on any atom is 0.117 e. The molecule has 8 aliphatic rings. The van der Waals surface area contributed by atoms with Gasteiger partial charge in [-0.15, -0.1) is 0 Å². The molecule has 0 aliphatic heterocycles. The molecule has 2 unspecified atom stereocenters. The predicted molar refractivity (Wildman–Crippen MR) is 108 cm³/mol. The van der Waals surface area contributed by atoms with Gasteiger partial charge in [0.1, 0.15) is 10.0 Å². The summed E-state index contributed by atoms with van der Waals surface area (Å²) in [4.78, 5) is 0. The molecule has 8 saturated carbocycles. The molecule has 8 bridgehead atoms. The molecule has 8 aliphatic carbocycles. The Labute approximate surface area is 169 Å². The van der Waals surface area contributed by atoms with Crippen molar-refractivity contribution >= 4 is 31.9 Å². The molecule has 3 heteroatoms. The van der Waals surface area contributed by atoms with Crippen LogP contribution in [0.4, 0.5) is 0 Å². The Morgan fingerprint density at radius 2 is 0.760 bits per heavy atom. The van der Waals surface area contributed by atoms with Crippen LogP contribution in [0.3, 0.4) is 0 Å². The predicted octanol–water partition coefficient (Wildman–Crippen LogP) is 6.59. The molecule has 140 valence electrons. The Bertz CT molecular complexity index is 432. The fourth-order valence-corrected chi connectivity index (χ4v) is 11.6. The van der Waals surface area contributed by atoms with Crippen LogP contribution < -0.4 is 0 Å². The normalized spacial score (nSPS) is 57.8. The summed E-state index contributed by atoms with van der Waals surface area (Å²) in [7, 11) is 0. The zero-order valence-electron chi connectivity index (χ0n) is 15.2. The van der Waals surface area contributed by atoms with Gasteiger partial charge < -0.3 is 4.74 Å². The number of ether oxygens (including phenoxy) is 1. The first-order valence-electron chi connectivity index (χ1n) is 11.1. The van der Waals surface area contributed by atoms with Crippen molar-refractivity contribution in [3.8, 4) is 0 Å². The van der Waals surface area contributed by atoms with E-state index in [1.54, 1.807) is 12.8 Å². The van der Waals surface area contributed by atoms with Gasteiger partial charge in [0.05, 0.1) is 0 Å². The second-order valence-electron chi connectivity index (χ2n) is 10.9. The molecule has 0 aromatic heterocycles.